The number of nitrogens with two attached hydrogens (primary N) is 1. The zero-order valence-electron chi connectivity index (χ0n) is 10.1. The number of hydrogen-bond donors (Lipinski definition) is 2. The average Bonchev–Trinajstić information content (AvgIpc) is 2.87. The lowest BCUT2D eigenvalue weighted by atomic mass is 10.1. The van der Waals surface area contributed by atoms with Crippen molar-refractivity contribution in [1.29, 1.82) is 0 Å². The van der Waals surface area contributed by atoms with Gasteiger partial charge in [0.2, 0.25) is 10.0 Å². The summed E-state index contributed by atoms with van der Waals surface area (Å²) >= 11 is 1.36. The zero-order chi connectivity index (χ0) is 13.0. The van der Waals surface area contributed by atoms with Crippen LogP contribution in [0.3, 0.4) is 0 Å². The Morgan fingerprint density at radius 1 is 1.50 bits per heavy atom. The first kappa shape index (κ1) is 14.0. The van der Waals surface area contributed by atoms with E-state index in [0.29, 0.717) is 18.0 Å². The molecule has 1 atom stereocenters. The van der Waals surface area contributed by atoms with Gasteiger partial charge in [0.25, 0.3) is 0 Å². The second-order valence-corrected chi connectivity index (χ2v) is 7.06. The number of sulfonamides is 1. The maximum atomic E-state index is 12.0. The van der Waals surface area contributed by atoms with Crippen LogP contribution in [0.2, 0.25) is 0 Å². The monoisotopic (exact) mass is 290 g/mol. The number of nitrogens with one attached hydrogen (secondary N) is 1. The molecule has 1 aromatic heterocycles. The summed E-state index contributed by atoms with van der Waals surface area (Å²) in [5.41, 5.74) is 5.47. The third kappa shape index (κ3) is 3.52. The molecule has 1 aliphatic rings. The quantitative estimate of drug-likeness (QED) is 0.849. The SMILES string of the molecule is NCc1cc(S(=O)(=O)NCC2CCCCO2)cs1. The van der Waals surface area contributed by atoms with Crippen LogP contribution in [0.25, 0.3) is 0 Å². The molecule has 1 aromatic rings. The van der Waals surface area contributed by atoms with E-state index in [4.69, 9.17) is 10.5 Å². The van der Waals surface area contributed by atoms with Crippen LogP contribution < -0.4 is 10.5 Å². The largest absolute Gasteiger partial charge is 0.377 e. The Labute approximate surface area is 111 Å². The first-order valence-corrected chi connectivity index (χ1v) is 8.37. The van der Waals surface area contributed by atoms with Crippen molar-refractivity contribution in [2.75, 3.05) is 13.2 Å². The summed E-state index contributed by atoms with van der Waals surface area (Å²) in [5.74, 6) is 0. The van der Waals surface area contributed by atoms with Crippen molar-refractivity contribution in [3.05, 3.63) is 16.3 Å². The molecule has 0 aromatic carbocycles. The second-order valence-electron chi connectivity index (χ2n) is 4.29. The molecule has 0 radical (unpaired) electrons. The van der Waals surface area contributed by atoms with E-state index in [9.17, 15) is 8.42 Å². The minimum atomic E-state index is -3.42. The molecule has 7 heteroatoms. The first-order valence-electron chi connectivity index (χ1n) is 6.00. The summed E-state index contributed by atoms with van der Waals surface area (Å²) in [7, 11) is -3.42. The third-order valence-electron chi connectivity index (χ3n) is 2.92. The van der Waals surface area contributed by atoms with E-state index >= 15 is 0 Å². The minimum Gasteiger partial charge on any atom is -0.377 e. The van der Waals surface area contributed by atoms with Gasteiger partial charge in [-0.25, -0.2) is 13.1 Å². The predicted molar refractivity (Wildman–Crippen MR) is 71.0 cm³/mol. The van der Waals surface area contributed by atoms with E-state index < -0.39 is 10.0 Å². The fourth-order valence-electron chi connectivity index (χ4n) is 1.86. The lowest BCUT2D eigenvalue weighted by molar-refractivity contribution is 0.0200. The van der Waals surface area contributed by atoms with Crippen LogP contribution in [0.1, 0.15) is 24.1 Å². The van der Waals surface area contributed by atoms with Gasteiger partial charge in [-0.05, 0) is 25.3 Å². The normalized spacial score (nSPS) is 21.1. The molecular weight excluding hydrogens is 272 g/mol. The maximum Gasteiger partial charge on any atom is 0.241 e. The first-order chi connectivity index (χ1) is 8.62. The summed E-state index contributed by atoms with van der Waals surface area (Å²) in [6.07, 6.45) is 3.08. The van der Waals surface area contributed by atoms with Gasteiger partial charge < -0.3 is 10.5 Å². The molecule has 18 heavy (non-hydrogen) atoms. The van der Waals surface area contributed by atoms with Crippen molar-refractivity contribution in [3.8, 4) is 0 Å². The Hall–Kier alpha value is -0.470. The van der Waals surface area contributed by atoms with Crippen LogP contribution in [0.15, 0.2) is 16.3 Å². The predicted octanol–water partition coefficient (Wildman–Crippen LogP) is 1.05. The van der Waals surface area contributed by atoms with Crippen LogP contribution in [-0.2, 0) is 21.3 Å². The topological polar surface area (TPSA) is 81.4 Å². The molecule has 102 valence electrons. The van der Waals surface area contributed by atoms with Gasteiger partial charge in [-0.2, -0.15) is 0 Å². The summed E-state index contributed by atoms with van der Waals surface area (Å²) in [6, 6.07) is 1.62. The molecule has 2 rings (SSSR count). The van der Waals surface area contributed by atoms with Gasteiger partial charge >= 0.3 is 0 Å². The molecule has 0 aliphatic carbocycles. The van der Waals surface area contributed by atoms with Crippen molar-refractivity contribution in [2.45, 2.75) is 36.8 Å². The Bertz CT molecular complexity index is 478. The highest BCUT2D eigenvalue weighted by atomic mass is 32.2. The second kappa shape index (κ2) is 6.12. The molecular formula is C11H18N2O3S2. The van der Waals surface area contributed by atoms with Crippen LogP contribution in [-0.4, -0.2) is 27.7 Å². The summed E-state index contributed by atoms with van der Waals surface area (Å²) in [5, 5.41) is 1.62. The Morgan fingerprint density at radius 3 is 2.94 bits per heavy atom. The van der Waals surface area contributed by atoms with Crippen LogP contribution in [0.5, 0.6) is 0 Å². The van der Waals surface area contributed by atoms with E-state index in [1.807, 2.05) is 0 Å². The molecule has 2 heterocycles. The standard InChI is InChI=1S/C11H18N2O3S2/c12-6-10-5-11(8-17-10)18(14,15)13-7-9-3-1-2-4-16-9/h5,8-9,13H,1-4,6-7,12H2. The molecule has 1 fully saturated rings. The fourth-order valence-corrected chi connectivity index (χ4v) is 4.08. The van der Waals surface area contributed by atoms with Gasteiger partial charge in [0.1, 0.15) is 0 Å². The van der Waals surface area contributed by atoms with Crippen molar-refractivity contribution < 1.29 is 13.2 Å². The van der Waals surface area contributed by atoms with E-state index in [0.717, 1.165) is 30.7 Å². The summed E-state index contributed by atoms with van der Waals surface area (Å²) in [6.45, 7) is 1.43. The molecule has 0 saturated carbocycles. The third-order valence-corrected chi connectivity index (χ3v) is 5.43. The highest BCUT2D eigenvalue weighted by Crippen LogP contribution is 2.19. The van der Waals surface area contributed by atoms with Gasteiger partial charge in [0, 0.05) is 30.0 Å². The molecule has 0 bridgehead atoms. The lowest BCUT2D eigenvalue weighted by Crippen LogP contribution is -2.35. The van der Waals surface area contributed by atoms with E-state index in [2.05, 4.69) is 4.72 Å². The molecule has 3 N–H and O–H groups in total. The van der Waals surface area contributed by atoms with Crippen molar-refractivity contribution in [3.63, 3.8) is 0 Å². The molecule has 0 spiro atoms. The van der Waals surface area contributed by atoms with Gasteiger partial charge in [0.05, 0.1) is 11.0 Å². The van der Waals surface area contributed by atoms with E-state index in [1.54, 1.807) is 11.4 Å². The van der Waals surface area contributed by atoms with Crippen LogP contribution in [0, 0.1) is 0 Å². The van der Waals surface area contributed by atoms with Gasteiger partial charge in [-0.15, -0.1) is 11.3 Å². The Morgan fingerprint density at radius 2 is 2.33 bits per heavy atom. The molecule has 1 saturated heterocycles. The highest BCUT2D eigenvalue weighted by molar-refractivity contribution is 7.89. The Balaban J connectivity index is 1.94. The molecule has 1 unspecified atom stereocenters. The lowest BCUT2D eigenvalue weighted by Gasteiger charge is -2.22. The number of ether oxygens (including phenoxy) is 1. The van der Waals surface area contributed by atoms with Crippen molar-refractivity contribution in [2.24, 2.45) is 5.73 Å². The van der Waals surface area contributed by atoms with Crippen molar-refractivity contribution >= 4 is 21.4 Å². The summed E-state index contributed by atoms with van der Waals surface area (Å²) in [4.78, 5) is 1.16. The number of thiophene rings is 1. The van der Waals surface area contributed by atoms with Crippen LogP contribution in [0.4, 0.5) is 0 Å². The van der Waals surface area contributed by atoms with E-state index in [1.165, 1.54) is 11.3 Å². The van der Waals surface area contributed by atoms with Gasteiger partial charge in [0.15, 0.2) is 0 Å². The maximum absolute atomic E-state index is 12.0. The molecule has 1 aliphatic heterocycles. The minimum absolute atomic E-state index is 0.00106. The van der Waals surface area contributed by atoms with Crippen molar-refractivity contribution in [1.82, 2.24) is 4.72 Å². The van der Waals surface area contributed by atoms with Crippen LogP contribution >= 0.6 is 11.3 Å². The molecule has 5 nitrogen and oxygen atoms in total. The fraction of sp³-hybridized carbons (Fsp3) is 0.636. The van der Waals surface area contributed by atoms with Gasteiger partial charge in [-0.3, -0.25) is 0 Å². The zero-order valence-corrected chi connectivity index (χ0v) is 11.7. The smallest absolute Gasteiger partial charge is 0.241 e. The average molecular weight is 290 g/mol. The highest BCUT2D eigenvalue weighted by Gasteiger charge is 2.20. The van der Waals surface area contributed by atoms with Gasteiger partial charge in [-0.1, -0.05) is 0 Å². The Kier molecular flexibility index (Phi) is 4.74. The number of rotatable bonds is 5. The molecule has 0 amide bonds. The summed E-state index contributed by atoms with van der Waals surface area (Å²) < 4.78 is 32.1. The van der Waals surface area contributed by atoms with E-state index in [-0.39, 0.29) is 6.10 Å². The number of hydrogen-bond acceptors (Lipinski definition) is 5.